The lowest BCUT2D eigenvalue weighted by atomic mass is 10.1. The van der Waals surface area contributed by atoms with E-state index >= 15 is 0 Å². The maximum absolute atomic E-state index is 6.32. The van der Waals surface area contributed by atoms with E-state index in [9.17, 15) is 0 Å². The first-order valence-electron chi connectivity index (χ1n) is 7.97. The van der Waals surface area contributed by atoms with Crippen molar-refractivity contribution in [1.82, 2.24) is 25.0 Å². The summed E-state index contributed by atoms with van der Waals surface area (Å²) in [6, 6.07) is 17.8. The number of nitrogens with one attached hydrogen (secondary N) is 1. The predicted molar refractivity (Wildman–Crippen MR) is 97.3 cm³/mol. The summed E-state index contributed by atoms with van der Waals surface area (Å²) in [6.45, 7) is 2.06. The molecule has 0 aliphatic carbocycles. The molecule has 7 heteroatoms. The fourth-order valence-electron chi connectivity index (χ4n) is 2.73. The Morgan fingerprint density at radius 1 is 1.00 bits per heavy atom. The Labute approximate surface area is 144 Å². The maximum Gasteiger partial charge on any atom is 0.184 e. The zero-order valence-corrected chi connectivity index (χ0v) is 13.7. The minimum absolute atomic E-state index is 0.0544. The fourth-order valence-corrected chi connectivity index (χ4v) is 2.73. The van der Waals surface area contributed by atoms with Gasteiger partial charge < -0.3 is 11.1 Å². The largest absolute Gasteiger partial charge is 0.393 e. The lowest BCUT2D eigenvalue weighted by molar-refractivity contribution is 0.797. The van der Waals surface area contributed by atoms with E-state index in [2.05, 4.69) is 44.7 Å². The Bertz CT molecular complexity index is 1010. The molecular weight excluding hydrogens is 314 g/mol. The van der Waals surface area contributed by atoms with E-state index in [1.165, 1.54) is 6.33 Å². The van der Waals surface area contributed by atoms with Crippen molar-refractivity contribution >= 4 is 22.5 Å². The second-order valence-electron chi connectivity index (χ2n) is 5.73. The van der Waals surface area contributed by atoms with E-state index in [1.54, 1.807) is 4.68 Å². The number of anilines is 2. The van der Waals surface area contributed by atoms with Gasteiger partial charge in [0, 0.05) is 0 Å². The van der Waals surface area contributed by atoms with Crippen LogP contribution in [0.4, 0.5) is 11.5 Å². The smallest absolute Gasteiger partial charge is 0.184 e. The lowest BCUT2D eigenvalue weighted by Crippen LogP contribution is -2.13. The van der Waals surface area contributed by atoms with Crippen molar-refractivity contribution < 1.29 is 0 Å². The van der Waals surface area contributed by atoms with Crippen molar-refractivity contribution in [3.05, 3.63) is 66.5 Å². The molecule has 4 aromatic rings. The number of nitrogens with two attached hydrogens (primary N) is 1. The van der Waals surface area contributed by atoms with Crippen LogP contribution in [0.25, 0.3) is 16.9 Å². The third-order valence-electron chi connectivity index (χ3n) is 4.07. The molecule has 7 nitrogen and oxygen atoms in total. The SMILES string of the molecule is CC(Nc1ncnc(-n2nnc3ccccc32)c1N)c1ccccc1. The Morgan fingerprint density at radius 3 is 2.60 bits per heavy atom. The van der Waals surface area contributed by atoms with Crippen molar-refractivity contribution in [3.8, 4) is 5.82 Å². The van der Waals surface area contributed by atoms with Crippen LogP contribution in [0.5, 0.6) is 0 Å². The molecule has 0 aliphatic rings. The van der Waals surface area contributed by atoms with Crippen molar-refractivity contribution in [2.24, 2.45) is 0 Å². The van der Waals surface area contributed by atoms with Crippen LogP contribution in [0, 0.1) is 0 Å². The van der Waals surface area contributed by atoms with Crippen molar-refractivity contribution in [2.75, 3.05) is 11.1 Å². The first-order chi connectivity index (χ1) is 12.2. The van der Waals surface area contributed by atoms with Gasteiger partial charge in [-0.05, 0) is 24.6 Å². The van der Waals surface area contributed by atoms with Crippen molar-refractivity contribution in [2.45, 2.75) is 13.0 Å². The quantitative estimate of drug-likeness (QED) is 0.597. The molecule has 0 radical (unpaired) electrons. The predicted octanol–water partition coefficient (Wildman–Crippen LogP) is 2.97. The van der Waals surface area contributed by atoms with E-state index < -0.39 is 0 Å². The molecule has 0 saturated heterocycles. The summed E-state index contributed by atoms with van der Waals surface area (Å²) in [5.41, 5.74) is 9.52. The summed E-state index contributed by atoms with van der Waals surface area (Å²) in [7, 11) is 0. The van der Waals surface area contributed by atoms with Gasteiger partial charge >= 0.3 is 0 Å². The third kappa shape index (κ3) is 2.76. The van der Waals surface area contributed by atoms with E-state index in [1.807, 2.05) is 42.5 Å². The van der Waals surface area contributed by atoms with Gasteiger partial charge in [0.15, 0.2) is 11.6 Å². The zero-order chi connectivity index (χ0) is 17.2. The van der Waals surface area contributed by atoms with Crippen LogP contribution in [0.1, 0.15) is 18.5 Å². The minimum atomic E-state index is 0.0544. The van der Waals surface area contributed by atoms with Gasteiger partial charge in [-0.3, -0.25) is 0 Å². The van der Waals surface area contributed by atoms with Gasteiger partial charge in [0.1, 0.15) is 17.5 Å². The number of aromatic nitrogens is 5. The topological polar surface area (TPSA) is 94.5 Å². The molecule has 0 aliphatic heterocycles. The molecule has 1 unspecified atom stereocenters. The van der Waals surface area contributed by atoms with Gasteiger partial charge in [0.05, 0.1) is 11.6 Å². The number of benzene rings is 2. The maximum atomic E-state index is 6.32. The van der Waals surface area contributed by atoms with Crippen molar-refractivity contribution in [1.29, 1.82) is 0 Å². The molecule has 1 atom stereocenters. The highest BCUT2D eigenvalue weighted by Crippen LogP contribution is 2.27. The molecular formula is C18H17N7. The van der Waals surface area contributed by atoms with Crippen LogP contribution in [0.15, 0.2) is 60.9 Å². The second-order valence-corrected chi connectivity index (χ2v) is 5.73. The number of nitrogens with zero attached hydrogens (tertiary/aromatic N) is 5. The summed E-state index contributed by atoms with van der Waals surface area (Å²) in [5, 5.41) is 11.7. The highest BCUT2D eigenvalue weighted by molar-refractivity contribution is 5.79. The van der Waals surface area contributed by atoms with Crippen molar-refractivity contribution in [3.63, 3.8) is 0 Å². The third-order valence-corrected chi connectivity index (χ3v) is 4.07. The molecule has 0 spiro atoms. The molecule has 0 amide bonds. The second kappa shape index (κ2) is 6.20. The highest BCUT2D eigenvalue weighted by atomic mass is 15.4. The van der Waals surface area contributed by atoms with Crippen LogP contribution >= 0.6 is 0 Å². The Kier molecular flexibility index (Phi) is 3.74. The van der Waals surface area contributed by atoms with E-state index in [0.29, 0.717) is 17.3 Å². The average Bonchev–Trinajstić information content (AvgIpc) is 3.08. The first kappa shape index (κ1) is 15.1. The molecule has 0 fully saturated rings. The van der Waals surface area contributed by atoms with Gasteiger partial charge in [-0.25, -0.2) is 9.97 Å². The Morgan fingerprint density at radius 2 is 1.76 bits per heavy atom. The summed E-state index contributed by atoms with van der Waals surface area (Å²) in [5.74, 6) is 1.08. The number of para-hydroxylation sites is 1. The van der Waals surface area contributed by atoms with Crippen LogP contribution in [-0.4, -0.2) is 25.0 Å². The first-order valence-corrected chi connectivity index (χ1v) is 7.97. The Balaban J connectivity index is 1.71. The van der Waals surface area contributed by atoms with Gasteiger partial charge in [0.2, 0.25) is 0 Å². The molecule has 0 bridgehead atoms. The monoisotopic (exact) mass is 331 g/mol. The summed E-state index contributed by atoms with van der Waals surface area (Å²) in [4.78, 5) is 8.58. The number of hydrogen-bond donors (Lipinski definition) is 2. The fraction of sp³-hybridized carbons (Fsp3) is 0.111. The van der Waals surface area contributed by atoms with Crippen LogP contribution in [-0.2, 0) is 0 Å². The normalized spacial score (nSPS) is 12.2. The van der Waals surface area contributed by atoms with Gasteiger partial charge in [-0.15, -0.1) is 5.10 Å². The van der Waals surface area contributed by atoms with E-state index in [-0.39, 0.29) is 6.04 Å². The summed E-state index contributed by atoms with van der Waals surface area (Å²) >= 11 is 0. The zero-order valence-electron chi connectivity index (χ0n) is 13.7. The van der Waals surface area contributed by atoms with Crippen LogP contribution in [0.3, 0.4) is 0 Å². The molecule has 2 aromatic carbocycles. The van der Waals surface area contributed by atoms with Gasteiger partial charge in [-0.1, -0.05) is 47.7 Å². The van der Waals surface area contributed by atoms with Crippen LogP contribution < -0.4 is 11.1 Å². The molecule has 2 heterocycles. The number of rotatable bonds is 4. The average molecular weight is 331 g/mol. The number of nitrogen functional groups attached to an aromatic ring is 1. The van der Waals surface area contributed by atoms with Gasteiger partial charge in [0.25, 0.3) is 0 Å². The minimum Gasteiger partial charge on any atom is -0.393 e. The molecule has 0 saturated carbocycles. The highest BCUT2D eigenvalue weighted by Gasteiger charge is 2.15. The Hall–Kier alpha value is -3.48. The van der Waals surface area contributed by atoms with E-state index in [4.69, 9.17) is 5.73 Å². The standard InChI is InChI=1S/C18H17N7/c1-12(13-7-3-2-4-8-13)22-17-16(19)18(21-11-20-17)25-15-10-6-5-9-14(15)23-24-25/h2-12H,19H2,1H3,(H,20,21,22). The van der Waals surface area contributed by atoms with Crippen LogP contribution in [0.2, 0.25) is 0 Å². The van der Waals surface area contributed by atoms with Gasteiger partial charge in [-0.2, -0.15) is 4.68 Å². The molecule has 4 rings (SSSR count). The number of fused-ring (bicyclic) bond motifs is 1. The molecule has 3 N–H and O–H groups in total. The summed E-state index contributed by atoms with van der Waals surface area (Å²) < 4.78 is 1.63. The number of hydrogen-bond acceptors (Lipinski definition) is 6. The summed E-state index contributed by atoms with van der Waals surface area (Å²) in [6.07, 6.45) is 1.47. The molecule has 124 valence electrons. The lowest BCUT2D eigenvalue weighted by Gasteiger charge is -2.17. The molecule has 25 heavy (non-hydrogen) atoms. The van der Waals surface area contributed by atoms with E-state index in [0.717, 1.165) is 16.6 Å². The molecule has 2 aromatic heterocycles.